The molecule has 1 saturated heterocycles. The topological polar surface area (TPSA) is 49.4 Å². The minimum Gasteiger partial charge on any atom is -0.338 e. The van der Waals surface area contributed by atoms with E-state index in [1.807, 2.05) is 24.4 Å². The van der Waals surface area contributed by atoms with E-state index in [1.165, 1.54) is 23.5 Å². The van der Waals surface area contributed by atoms with Crippen molar-refractivity contribution in [1.29, 1.82) is 0 Å². The van der Waals surface area contributed by atoms with Crippen LogP contribution in [0, 0.1) is 18.7 Å². The highest BCUT2D eigenvalue weighted by atomic mass is 32.1. The standard InChI is InChI=1S/C18H19FN2O2S/c1-12-4-5-14(19)11-15(12)20-17(22)13-6-8-21(9-7-13)18(23)16-3-2-10-24-16/h2-5,10-11,13H,6-9H2,1H3,(H,20,22). The van der Waals surface area contributed by atoms with Gasteiger partial charge < -0.3 is 10.2 Å². The lowest BCUT2D eigenvalue weighted by Gasteiger charge is -2.31. The summed E-state index contributed by atoms with van der Waals surface area (Å²) in [5.41, 5.74) is 1.34. The van der Waals surface area contributed by atoms with Gasteiger partial charge >= 0.3 is 0 Å². The molecule has 2 aromatic rings. The number of hydrogen-bond acceptors (Lipinski definition) is 3. The third kappa shape index (κ3) is 3.64. The Morgan fingerprint density at radius 2 is 2.00 bits per heavy atom. The van der Waals surface area contributed by atoms with Gasteiger partial charge in [0, 0.05) is 24.7 Å². The maximum Gasteiger partial charge on any atom is 0.263 e. The van der Waals surface area contributed by atoms with Gasteiger partial charge in [0.1, 0.15) is 5.82 Å². The van der Waals surface area contributed by atoms with Crippen LogP contribution < -0.4 is 5.32 Å². The van der Waals surface area contributed by atoms with Crippen LogP contribution in [0.1, 0.15) is 28.1 Å². The molecular formula is C18H19FN2O2S. The second-order valence-electron chi connectivity index (χ2n) is 5.99. The first kappa shape index (κ1) is 16.6. The van der Waals surface area contributed by atoms with Crippen molar-refractivity contribution < 1.29 is 14.0 Å². The highest BCUT2D eigenvalue weighted by molar-refractivity contribution is 7.12. The third-order valence-electron chi connectivity index (χ3n) is 4.34. The second kappa shape index (κ2) is 7.13. The number of likely N-dealkylation sites (tertiary alicyclic amines) is 1. The minimum atomic E-state index is -0.368. The Labute approximate surface area is 144 Å². The number of piperidine rings is 1. The summed E-state index contributed by atoms with van der Waals surface area (Å²) in [4.78, 5) is 27.2. The molecule has 1 aromatic carbocycles. The molecule has 0 saturated carbocycles. The molecule has 126 valence electrons. The highest BCUT2D eigenvalue weighted by Crippen LogP contribution is 2.23. The van der Waals surface area contributed by atoms with Crippen LogP contribution in [0.4, 0.5) is 10.1 Å². The maximum absolute atomic E-state index is 13.3. The van der Waals surface area contributed by atoms with Gasteiger partial charge in [-0.15, -0.1) is 11.3 Å². The van der Waals surface area contributed by atoms with Crippen LogP contribution in [0.5, 0.6) is 0 Å². The number of anilines is 1. The van der Waals surface area contributed by atoms with Crippen LogP contribution in [0.2, 0.25) is 0 Å². The van der Waals surface area contributed by atoms with Crippen LogP contribution in [0.25, 0.3) is 0 Å². The van der Waals surface area contributed by atoms with E-state index in [0.717, 1.165) is 10.4 Å². The summed E-state index contributed by atoms with van der Waals surface area (Å²) in [5.74, 6) is -0.593. The number of amides is 2. The molecule has 0 unspecified atom stereocenters. The van der Waals surface area contributed by atoms with E-state index < -0.39 is 0 Å². The molecule has 6 heteroatoms. The molecule has 0 aliphatic carbocycles. The minimum absolute atomic E-state index is 0.0323. The number of halogens is 1. The van der Waals surface area contributed by atoms with Gasteiger partial charge in [0.25, 0.3) is 5.91 Å². The van der Waals surface area contributed by atoms with Crippen LogP contribution in [-0.2, 0) is 4.79 Å². The molecule has 1 fully saturated rings. The Morgan fingerprint density at radius 3 is 2.67 bits per heavy atom. The molecule has 2 heterocycles. The monoisotopic (exact) mass is 346 g/mol. The Kier molecular flexibility index (Phi) is 4.94. The number of rotatable bonds is 3. The molecule has 1 aromatic heterocycles. The van der Waals surface area contributed by atoms with E-state index in [-0.39, 0.29) is 23.5 Å². The van der Waals surface area contributed by atoms with Crippen molar-refractivity contribution in [3.63, 3.8) is 0 Å². The van der Waals surface area contributed by atoms with Crippen LogP contribution in [-0.4, -0.2) is 29.8 Å². The zero-order chi connectivity index (χ0) is 17.1. The lowest BCUT2D eigenvalue weighted by atomic mass is 9.95. The van der Waals surface area contributed by atoms with Gasteiger partial charge in [-0.1, -0.05) is 12.1 Å². The fourth-order valence-corrected chi connectivity index (χ4v) is 3.56. The maximum atomic E-state index is 13.3. The number of benzene rings is 1. The SMILES string of the molecule is Cc1ccc(F)cc1NC(=O)C1CCN(C(=O)c2cccs2)CC1. The summed E-state index contributed by atoms with van der Waals surface area (Å²) >= 11 is 1.43. The van der Waals surface area contributed by atoms with E-state index >= 15 is 0 Å². The van der Waals surface area contributed by atoms with Crippen molar-refractivity contribution in [3.05, 3.63) is 52.0 Å². The first-order chi connectivity index (χ1) is 11.5. The molecular weight excluding hydrogens is 327 g/mol. The number of nitrogens with one attached hydrogen (secondary N) is 1. The molecule has 0 spiro atoms. The Hall–Kier alpha value is -2.21. The average molecular weight is 346 g/mol. The average Bonchev–Trinajstić information content (AvgIpc) is 3.12. The molecule has 0 atom stereocenters. The van der Waals surface area contributed by atoms with Crippen molar-refractivity contribution in [2.45, 2.75) is 19.8 Å². The van der Waals surface area contributed by atoms with Crippen LogP contribution in [0.3, 0.4) is 0 Å². The third-order valence-corrected chi connectivity index (χ3v) is 5.20. The summed E-state index contributed by atoms with van der Waals surface area (Å²) in [6, 6.07) is 8.04. The highest BCUT2D eigenvalue weighted by Gasteiger charge is 2.28. The molecule has 1 N–H and O–H groups in total. The Morgan fingerprint density at radius 1 is 1.25 bits per heavy atom. The van der Waals surface area contributed by atoms with E-state index in [9.17, 15) is 14.0 Å². The fourth-order valence-electron chi connectivity index (χ4n) is 2.86. The van der Waals surface area contributed by atoms with E-state index in [2.05, 4.69) is 5.32 Å². The summed E-state index contributed by atoms with van der Waals surface area (Å²) in [6.07, 6.45) is 1.24. The summed E-state index contributed by atoms with van der Waals surface area (Å²) < 4.78 is 13.3. The number of nitrogens with zero attached hydrogens (tertiary/aromatic N) is 1. The molecule has 2 amide bonds. The lowest BCUT2D eigenvalue weighted by molar-refractivity contribution is -0.121. The van der Waals surface area contributed by atoms with Gasteiger partial charge in [0.2, 0.25) is 5.91 Å². The van der Waals surface area contributed by atoms with Crippen molar-refractivity contribution in [3.8, 4) is 0 Å². The number of carbonyl (C=O) groups excluding carboxylic acids is 2. The number of hydrogen-bond donors (Lipinski definition) is 1. The van der Waals surface area contributed by atoms with Crippen molar-refractivity contribution in [1.82, 2.24) is 4.90 Å². The van der Waals surface area contributed by atoms with Gasteiger partial charge in [-0.05, 0) is 48.9 Å². The zero-order valence-corrected chi connectivity index (χ0v) is 14.2. The zero-order valence-electron chi connectivity index (χ0n) is 13.4. The predicted molar refractivity (Wildman–Crippen MR) is 92.7 cm³/mol. The predicted octanol–water partition coefficient (Wildman–Crippen LogP) is 3.69. The first-order valence-corrected chi connectivity index (χ1v) is 8.82. The van der Waals surface area contributed by atoms with Gasteiger partial charge in [0.15, 0.2) is 0 Å². The van der Waals surface area contributed by atoms with Gasteiger partial charge in [0.05, 0.1) is 4.88 Å². The summed E-state index contributed by atoms with van der Waals surface area (Å²) in [7, 11) is 0. The molecule has 0 radical (unpaired) electrons. The van der Waals surface area contributed by atoms with Crippen molar-refractivity contribution in [2.75, 3.05) is 18.4 Å². The van der Waals surface area contributed by atoms with Gasteiger partial charge in [-0.25, -0.2) is 4.39 Å². The normalized spacial score (nSPS) is 15.3. The number of aryl methyl sites for hydroxylation is 1. The summed E-state index contributed by atoms with van der Waals surface area (Å²) in [5, 5.41) is 4.70. The molecule has 0 bridgehead atoms. The Balaban J connectivity index is 1.57. The van der Waals surface area contributed by atoms with Crippen LogP contribution in [0.15, 0.2) is 35.7 Å². The van der Waals surface area contributed by atoms with Crippen LogP contribution >= 0.6 is 11.3 Å². The Bertz CT molecular complexity index is 737. The molecule has 4 nitrogen and oxygen atoms in total. The van der Waals surface area contributed by atoms with E-state index in [0.29, 0.717) is 31.6 Å². The van der Waals surface area contributed by atoms with E-state index in [1.54, 1.807) is 11.0 Å². The smallest absolute Gasteiger partial charge is 0.263 e. The van der Waals surface area contributed by atoms with Crippen molar-refractivity contribution in [2.24, 2.45) is 5.92 Å². The molecule has 1 aliphatic heterocycles. The van der Waals surface area contributed by atoms with Gasteiger partial charge in [-0.2, -0.15) is 0 Å². The lowest BCUT2D eigenvalue weighted by Crippen LogP contribution is -2.41. The summed E-state index contributed by atoms with van der Waals surface area (Å²) in [6.45, 7) is 2.96. The largest absolute Gasteiger partial charge is 0.338 e. The molecule has 24 heavy (non-hydrogen) atoms. The number of carbonyl (C=O) groups is 2. The van der Waals surface area contributed by atoms with E-state index in [4.69, 9.17) is 0 Å². The first-order valence-electron chi connectivity index (χ1n) is 7.94. The second-order valence-corrected chi connectivity index (χ2v) is 6.94. The quantitative estimate of drug-likeness (QED) is 0.921. The fraction of sp³-hybridized carbons (Fsp3) is 0.333. The molecule has 3 rings (SSSR count). The van der Waals surface area contributed by atoms with Gasteiger partial charge in [-0.3, -0.25) is 9.59 Å². The molecule has 1 aliphatic rings. The van der Waals surface area contributed by atoms with Crippen molar-refractivity contribution >= 4 is 28.8 Å². The number of thiophene rings is 1.